The van der Waals surface area contributed by atoms with E-state index < -0.39 is 40.4 Å². The van der Waals surface area contributed by atoms with E-state index in [9.17, 15) is 34.2 Å². The van der Waals surface area contributed by atoms with Gasteiger partial charge in [0.05, 0.1) is 0 Å². The maximum atomic E-state index is 12.8. The summed E-state index contributed by atoms with van der Waals surface area (Å²) in [5, 5.41) is 0. The Morgan fingerprint density at radius 2 is 1.62 bits per heavy atom. The maximum Gasteiger partial charge on any atom is 1.00 e. The molecule has 7 nitrogen and oxygen atoms in total. The van der Waals surface area contributed by atoms with Gasteiger partial charge in [-0.1, -0.05) is 24.8 Å². The fourth-order valence-electron chi connectivity index (χ4n) is 1.44. The number of rotatable bonds is 7. The molecule has 1 aromatic rings. The average Bonchev–Trinajstić information content (AvgIpc) is 2.46. The molecular formula is C12H14F3LiNO6S3+. The van der Waals surface area contributed by atoms with Crippen molar-refractivity contribution in [3.8, 4) is 5.75 Å². The van der Waals surface area contributed by atoms with Crippen LogP contribution in [0, 0.1) is 0 Å². The Kier molecular flexibility index (Phi) is 8.61. The van der Waals surface area contributed by atoms with E-state index >= 15 is 0 Å². The minimum Gasteiger partial charge on any atom is -0.399 e. The Hall–Kier alpha value is -0.843. The van der Waals surface area contributed by atoms with E-state index in [1.807, 2.05) is 0 Å². The fourth-order valence-corrected chi connectivity index (χ4v) is 7.21. The summed E-state index contributed by atoms with van der Waals surface area (Å²) in [5.74, 6) is -0.278. The Bertz CT molecular complexity index is 866. The predicted molar refractivity (Wildman–Crippen MR) is 86.7 cm³/mol. The van der Waals surface area contributed by atoms with Crippen molar-refractivity contribution >= 4 is 37.0 Å². The van der Waals surface area contributed by atoms with Gasteiger partial charge in [0.2, 0.25) is 21.1 Å². The molecule has 0 aliphatic rings. The number of hydrogen-bond donors (Lipinski definition) is 0. The number of halogens is 3. The van der Waals surface area contributed by atoms with Crippen LogP contribution in [0.4, 0.5) is 13.2 Å². The molecule has 0 saturated heterocycles. The molecule has 142 valence electrons. The largest absolute Gasteiger partial charge is 1.00 e. The summed E-state index contributed by atoms with van der Waals surface area (Å²) in [7, 11) is -9.85. The molecule has 2 unspecified atom stereocenters. The van der Waals surface area contributed by atoms with Gasteiger partial charge in [0.1, 0.15) is 5.75 Å². The van der Waals surface area contributed by atoms with Gasteiger partial charge in [0.25, 0.3) is 13.8 Å². The minimum absolute atomic E-state index is 0. The number of alkyl halides is 3. The van der Waals surface area contributed by atoms with Crippen molar-refractivity contribution in [3.05, 3.63) is 36.4 Å². The van der Waals surface area contributed by atoms with Gasteiger partial charge in [-0.3, -0.25) is 0 Å². The Labute approximate surface area is 164 Å². The summed E-state index contributed by atoms with van der Waals surface area (Å²) in [5.41, 5.74) is -5.34. The fraction of sp³-hybridized carbons (Fsp3) is 0.333. The normalized spacial score (nSPS) is 15.0. The van der Waals surface area contributed by atoms with Crippen LogP contribution in [0.15, 0.2) is 30.8 Å². The first-order valence-corrected chi connectivity index (χ1v) is 10.5. The molecule has 0 radical (unpaired) electrons. The standard InChI is InChI=1S/C12H14F3NO6S3.Li/c1-4-9-5-7-10(8-6-9)22-23(17)11(25(20,21)16(2)3)24(18,19)12(13,14)15;/h4-8,11H,1H2,2-3H3;/q;+1. The Morgan fingerprint density at radius 1 is 1.15 bits per heavy atom. The van der Waals surface area contributed by atoms with Crippen LogP contribution in [0.5, 0.6) is 5.75 Å². The van der Waals surface area contributed by atoms with Crippen molar-refractivity contribution in [2.24, 2.45) is 0 Å². The molecule has 0 bridgehead atoms. The second-order valence-electron chi connectivity index (χ2n) is 4.72. The molecule has 0 fully saturated rings. The van der Waals surface area contributed by atoms with E-state index in [4.69, 9.17) is 0 Å². The first-order chi connectivity index (χ1) is 11.2. The third-order valence-corrected chi connectivity index (χ3v) is 10.0. The summed E-state index contributed by atoms with van der Waals surface area (Å²) in [6, 6.07) is 5.14. The van der Waals surface area contributed by atoms with Crippen LogP contribution in [-0.4, -0.2) is 48.9 Å². The van der Waals surface area contributed by atoms with Gasteiger partial charge in [0.15, 0.2) is 0 Å². The van der Waals surface area contributed by atoms with Gasteiger partial charge >= 0.3 is 24.4 Å². The van der Waals surface area contributed by atoms with E-state index in [0.29, 0.717) is 5.56 Å². The van der Waals surface area contributed by atoms with Gasteiger partial charge in [-0.15, -0.1) is 0 Å². The van der Waals surface area contributed by atoms with Gasteiger partial charge in [0, 0.05) is 14.1 Å². The molecule has 1 aromatic carbocycles. The molecule has 0 amide bonds. The third-order valence-electron chi connectivity index (χ3n) is 2.78. The zero-order chi connectivity index (χ0) is 19.6. The molecule has 1 rings (SSSR count). The van der Waals surface area contributed by atoms with Crippen molar-refractivity contribution in [1.82, 2.24) is 4.31 Å². The molecule has 0 spiro atoms. The molecule has 14 heteroatoms. The molecule has 0 saturated carbocycles. The van der Waals surface area contributed by atoms with Gasteiger partial charge in [-0.25, -0.2) is 25.3 Å². The van der Waals surface area contributed by atoms with Crippen molar-refractivity contribution < 1.29 is 57.3 Å². The maximum absolute atomic E-state index is 12.8. The van der Waals surface area contributed by atoms with Crippen LogP contribution in [0.25, 0.3) is 6.08 Å². The number of hydrogen-bond acceptors (Lipinski definition) is 6. The molecule has 0 aliphatic heterocycles. The first-order valence-electron chi connectivity index (χ1n) is 6.28. The van der Waals surface area contributed by atoms with Crippen molar-refractivity contribution in [2.45, 2.75) is 9.42 Å². The first kappa shape index (κ1) is 25.2. The Morgan fingerprint density at radius 3 is 1.96 bits per heavy atom. The van der Waals surface area contributed by atoms with E-state index in [1.54, 1.807) is 0 Å². The zero-order valence-electron chi connectivity index (χ0n) is 13.9. The van der Waals surface area contributed by atoms with Gasteiger partial charge in [-0.2, -0.15) is 13.2 Å². The molecule has 26 heavy (non-hydrogen) atoms. The minimum atomic E-state index is -6.34. The van der Waals surface area contributed by atoms with Gasteiger partial charge in [-0.05, 0) is 17.7 Å². The second kappa shape index (κ2) is 8.90. The summed E-state index contributed by atoms with van der Waals surface area (Å²) >= 11 is -3.39. The molecule has 0 aromatic heterocycles. The topological polar surface area (TPSA) is 97.8 Å². The number of sulfone groups is 1. The summed E-state index contributed by atoms with van der Waals surface area (Å²) in [6.07, 6.45) is 1.44. The third kappa shape index (κ3) is 5.34. The predicted octanol–water partition coefficient (Wildman–Crippen LogP) is -1.51. The van der Waals surface area contributed by atoms with Crippen LogP contribution in [0.2, 0.25) is 0 Å². The molecule has 2 atom stereocenters. The van der Waals surface area contributed by atoms with Crippen LogP contribution in [0.3, 0.4) is 0 Å². The van der Waals surface area contributed by atoms with Crippen LogP contribution in [-0.2, 0) is 30.9 Å². The smallest absolute Gasteiger partial charge is 0.399 e. The molecular weight excluding hydrogens is 414 g/mol. The van der Waals surface area contributed by atoms with Crippen LogP contribution >= 0.6 is 0 Å². The summed E-state index contributed by atoms with van der Waals surface area (Å²) < 4.78 is 99.3. The second-order valence-corrected chi connectivity index (χ2v) is 11.0. The Balaban J connectivity index is 0.00000625. The summed E-state index contributed by atoms with van der Waals surface area (Å²) in [6.45, 7) is 3.47. The molecule has 0 heterocycles. The van der Waals surface area contributed by atoms with Crippen molar-refractivity contribution in [3.63, 3.8) is 0 Å². The molecule has 0 aliphatic carbocycles. The number of benzene rings is 1. The van der Waals surface area contributed by atoms with Crippen molar-refractivity contribution in [2.75, 3.05) is 14.1 Å². The summed E-state index contributed by atoms with van der Waals surface area (Å²) in [4.78, 5) is 0. The number of sulfonamides is 1. The van der Waals surface area contributed by atoms with Gasteiger partial charge < -0.3 is 4.18 Å². The van der Waals surface area contributed by atoms with Crippen molar-refractivity contribution in [1.29, 1.82) is 0 Å². The van der Waals surface area contributed by atoms with E-state index in [0.717, 1.165) is 14.1 Å². The molecule has 0 N–H and O–H groups in total. The monoisotopic (exact) mass is 428 g/mol. The zero-order valence-corrected chi connectivity index (χ0v) is 16.4. The van der Waals surface area contributed by atoms with E-state index in [1.165, 1.54) is 30.3 Å². The quantitative estimate of drug-likeness (QED) is 0.490. The van der Waals surface area contributed by atoms with E-state index in [2.05, 4.69) is 10.8 Å². The van der Waals surface area contributed by atoms with Crippen LogP contribution in [0.1, 0.15) is 5.56 Å². The van der Waals surface area contributed by atoms with E-state index in [-0.39, 0.29) is 28.9 Å². The number of nitrogens with zero attached hydrogens (tertiary/aromatic N) is 1. The van der Waals surface area contributed by atoms with Crippen LogP contribution < -0.4 is 23.0 Å². The SMILES string of the molecule is C=Cc1ccc(OS(=O)C(S(=O)(=O)N(C)C)S(=O)(=O)C(F)(F)F)cc1.[Li+]. The average molecular weight is 428 g/mol.